The highest BCUT2D eigenvalue weighted by atomic mass is 19.4. The van der Waals surface area contributed by atoms with Gasteiger partial charge >= 0.3 is 6.18 Å². The quantitative estimate of drug-likeness (QED) is 0.542. The molecule has 5 rings (SSSR count). The fraction of sp³-hybridized carbons (Fsp3) is 0.440. The Morgan fingerprint density at radius 2 is 1.78 bits per heavy atom. The molecule has 0 bridgehead atoms. The smallest absolute Gasteiger partial charge is 0.366 e. The molecule has 2 N–H and O–H groups in total. The van der Waals surface area contributed by atoms with Crippen LogP contribution in [0.1, 0.15) is 34.8 Å². The molecule has 3 aromatic rings. The number of benzene rings is 1. The van der Waals surface area contributed by atoms with Crippen molar-refractivity contribution in [3.8, 4) is 0 Å². The summed E-state index contributed by atoms with van der Waals surface area (Å²) in [5.74, 6) is -0.153. The maximum absolute atomic E-state index is 12.9. The Labute approximate surface area is 211 Å². The summed E-state index contributed by atoms with van der Waals surface area (Å²) in [5, 5.41) is 1.03. The normalized spacial score (nSPS) is 17.7. The zero-order valence-corrected chi connectivity index (χ0v) is 20.4. The van der Waals surface area contributed by atoms with E-state index in [0.29, 0.717) is 38.0 Å². The van der Waals surface area contributed by atoms with Gasteiger partial charge < -0.3 is 20.1 Å². The van der Waals surface area contributed by atoms with Crippen LogP contribution in [0.5, 0.6) is 0 Å². The molecule has 0 spiro atoms. The van der Waals surface area contributed by atoms with Gasteiger partial charge in [0.2, 0.25) is 17.8 Å². The van der Waals surface area contributed by atoms with Gasteiger partial charge in [0.25, 0.3) is 0 Å². The molecule has 9 nitrogen and oxygen atoms in total. The fourth-order valence-corrected chi connectivity index (χ4v) is 5.06. The van der Waals surface area contributed by atoms with Crippen LogP contribution in [0.4, 0.5) is 19.1 Å². The molecule has 37 heavy (non-hydrogen) atoms. The molecule has 2 aliphatic heterocycles. The number of anilines is 1. The number of carbonyl (C=O) groups excluding carboxylic acids is 2. The number of piperidine rings is 1. The van der Waals surface area contributed by atoms with Crippen molar-refractivity contribution in [2.45, 2.75) is 31.1 Å². The first kappa shape index (κ1) is 25.0. The molecule has 2 saturated heterocycles. The number of hydrogen-bond donors (Lipinski definition) is 1. The second kappa shape index (κ2) is 9.66. The first-order chi connectivity index (χ1) is 17.6. The largest absolute Gasteiger partial charge is 0.419 e. The molecular formula is C25H28F3N7O2. The summed E-state index contributed by atoms with van der Waals surface area (Å²) in [4.78, 5) is 38.0. The van der Waals surface area contributed by atoms with Crippen molar-refractivity contribution in [2.75, 3.05) is 44.7 Å². The molecular weight excluding hydrogens is 487 g/mol. The van der Waals surface area contributed by atoms with Gasteiger partial charge in [-0.05, 0) is 36.4 Å². The zero-order valence-electron chi connectivity index (χ0n) is 20.4. The average Bonchev–Trinajstić information content (AvgIpc) is 3.27. The maximum Gasteiger partial charge on any atom is 0.419 e. The van der Waals surface area contributed by atoms with Crippen LogP contribution in [-0.4, -0.2) is 82.0 Å². The highest BCUT2D eigenvalue weighted by molar-refractivity contribution is 5.97. The molecule has 0 atom stereocenters. The van der Waals surface area contributed by atoms with Crippen molar-refractivity contribution >= 4 is 28.7 Å². The third kappa shape index (κ3) is 5.10. The van der Waals surface area contributed by atoms with E-state index >= 15 is 0 Å². The van der Waals surface area contributed by atoms with Gasteiger partial charge in [-0.25, -0.2) is 9.97 Å². The van der Waals surface area contributed by atoms with Gasteiger partial charge in [0.1, 0.15) is 0 Å². The van der Waals surface area contributed by atoms with Crippen LogP contribution in [0.3, 0.4) is 0 Å². The van der Waals surface area contributed by atoms with Crippen LogP contribution in [0.2, 0.25) is 0 Å². The Balaban J connectivity index is 1.11. The third-order valence-electron chi connectivity index (χ3n) is 7.35. The van der Waals surface area contributed by atoms with Crippen molar-refractivity contribution in [1.29, 1.82) is 0 Å². The molecule has 0 radical (unpaired) electrons. The minimum absolute atomic E-state index is 0.0380. The first-order valence-corrected chi connectivity index (χ1v) is 12.1. The lowest BCUT2D eigenvalue weighted by Gasteiger charge is -2.42. The van der Waals surface area contributed by atoms with E-state index in [2.05, 4.69) is 19.4 Å². The van der Waals surface area contributed by atoms with Crippen molar-refractivity contribution in [3.63, 3.8) is 0 Å². The minimum atomic E-state index is -4.46. The summed E-state index contributed by atoms with van der Waals surface area (Å²) in [5.41, 5.74) is 5.98. The predicted octanol–water partition coefficient (Wildman–Crippen LogP) is 2.53. The first-order valence-electron chi connectivity index (χ1n) is 12.1. The molecule has 196 valence electrons. The SMILES string of the molecule is CN(C(=O)CN1CC(n2ccc3ccc(C(N)=O)cc32)C1)C1CCN(c2ncc(C(F)(F)F)cn2)CC1. The maximum atomic E-state index is 12.9. The number of primary amides is 1. The number of amides is 2. The summed E-state index contributed by atoms with van der Waals surface area (Å²) in [6, 6.07) is 7.68. The van der Waals surface area contributed by atoms with Crippen molar-refractivity contribution in [1.82, 2.24) is 24.3 Å². The van der Waals surface area contributed by atoms with Gasteiger partial charge in [-0.3, -0.25) is 14.5 Å². The van der Waals surface area contributed by atoms with E-state index in [1.165, 1.54) is 0 Å². The van der Waals surface area contributed by atoms with E-state index in [1.807, 2.05) is 23.2 Å². The van der Waals surface area contributed by atoms with Crippen LogP contribution in [0.25, 0.3) is 10.9 Å². The number of alkyl halides is 3. The number of carbonyl (C=O) groups is 2. The molecule has 2 fully saturated rings. The third-order valence-corrected chi connectivity index (χ3v) is 7.35. The molecule has 2 aromatic heterocycles. The number of likely N-dealkylation sites (tertiary alicyclic amines) is 1. The molecule has 0 unspecified atom stereocenters. The number of hydrogen-bond acceptors (Lipinski definition) is 6. The number of likely N-dealkylation sites (N-methyl/N-ethyl adjacent to an activating group) is 1. The summed E-state index contributed by atoms with van der Waals surface area (Å²) in [6.45, 7) is 2.91. The van der Waals surface area contributed by atoms with Crippen molar-refractivity contribution in [2.24, 2.45) is 5.73 Å². The lowest BCUT2D eigenvalue weighted by Crippen LogP contribution is -2.53. The Hall–Kier alpha value is -3.67. The Bertz CT molecular complexity index is 1290. The number of aromatic nitrogens is 3. The van der Waals surface area contributed by atoms with E-state index in [1.54, 1.807) is 24.1 Å². The number of nitrogens with two attached hydrogens (primary N) is 1. The molecule has 4 heterocycles. The van der Waals surface area contributed by atoms with E-state index < -0.39 is 17.6 Å². The Kier molecular flexibility index (Phi) is 6.52. The summed E-state index contributed by atoms with van der Waals surface area (Å²) in [7, 11) is 1.80. The fourth-order valence-electron chi connectivity index (χ4n) is 5.06. The molecule has 0 aliphatic carbocycles. The number of rotatable bonds is 6. The molecule has 2 amide bonds. The van der Waals surface area contributed by atoms with Crippen molar-refractivity contribution in [3.05, 3.63) is 54.0 Å². The van der Waals surface area contributed by atoms with Gasteiger partial charge in [-0.1, -0.05) is 6.07 Å². The zero-order chi connectivity index (χ0) is 26.3. The van der Waals surface area contributed by atoms with Gasteiger partial charge in [0.05, 0.1) is 18.2 Å². The van der Waals surface area contributed by atoms with E-state index in [4.69, 9.17) is 5.73 Å². The van der Waals surface area contributed by atoms with Gasteiger partial charge in [0.15, 0.2) is 0 Å². The lowest BCUT2D eigenvalue weighted by molar-refractivity contribution is -0.138. The number of nitrogens with zero attached hydrogens (tertiary/aromatic N) is 6. The van der Waals surface area contributed by atoms with Crippen LogP contribution < -0.4 is 10.6 Å². The number of fused-ring (bicyclic) bond motifs is 1. The summed E-state index contributed by atoms with van der Waals surface area (Å²) in [6.07, 6.45) is 0.517. The topological polar surface area (TPSA) is 101 Å². The van der Waals surface area contributed by atoms with Crippen LogP contribution in [-0.2, 0) is 11.0 Å². The standard InChI is InChI=1S/C25H28F3N7O2/c1-32(19-5-7-34(8-6-19)24-30-11-18(12-31-24)25(26,27)28)22(36)15-33-13-20(14-33)35-9-4-16-2-3-17(23(29)37)10-21(16)35/h2-4,9-12,19-20H,5-8,13-15H2,1H3,(H2,29,37). The Morgan fingerprint density at radius 1 is 1.11 bits per heavy atom. The molecule has 12 heteroatoms. The average molecular weight is 516 g/mol. The second-order valence-electron chi connectivity index (χ2n) is 9.70. The minimum Gasteiger partial charge on any atom is -0.366 e. The van der Waals surface area contributed by atoms with Crippen LogP contribution in [0, 0.1) is 0 Å². The molecule has 1 aromatic carbocycles. The van der Waals surface area contributed by atoms with Gasteiger partial charge in [0, 0.05) is 68.9 Å². The van der Waals surface area contributed by atoms with Crippen LogP contribution >= 0.6 is 0 Å². The molecule has 2 aliphatic rings. The van der Waals surface area contributed by atoms with Gasteiger partial charge in [-0.2, -0.15) is 13.2 Å². The van der Waals surface area contributed by atoms with Crippen molar-refractivity contribution < 1.29 is 22.8 Å². The monoisotopic (exact) mass is 515 g/mol. The summed E-state index contributed by atoms with van der Waals surface area (Å²) < 4.78 is 40.4. The van der Waals surface area contributed by atoms with Gasteiger partial charge in [-0.15, -0.1) is 0 Å². The Morgan fingerprint density at radius 3 is 2.41 bits per heavy atom. The second-order valence-corrected chi connectivity index (χ2v) is 9.70. The molecule has 0 saturated carbocycles. The predicted molar refractivity (Wildman–Crippen MR) is 131 cm³/mol. The highest BCUT2D eigenvalue weighted by Crippen LogP contribution is 2.30. The van der Waals surface area contributed by atoms with E-state index in [9.17, 15) is 22.8 Å². The highest BCUT2D eigenvalue weighted by Gasteiger charge is 2.34. The lowest BCUT2D eigenvalue weighted by atomic mass is 10.0. The number of halogens is 3. The summed E-state index contributed by atoms with van der Waals surface area (Å²) >= 11 is 0. The van der Waals surface area contributed by atoms with E-state index in [-0.39, 0.29) is 23.9 Å². The van der Waals surface area contributed by atoms with E-state index in [0.717, 1.165) is 36.4 Å². The van der Waals surface area contributed by atoms with Crippen LogP contribution in [0.15, 0.2) is 42.9 Å².